The van der Waals surface area contributed by atoms with Gasteiger partial charge in [0.2, 0.25) is 6.79 Å². The van der Waals surface area contributed by atoms with Gasteiger partial charge in [0.05, 0.1) is 6.21 Å². The van der Waals surface area contributed by atoms with Gasteiger partial charge in [-0.25, -0.2) is 5.43 Å². The average Bonchev–Trinajstić information content (AvgIpc) is 3.14. The van der Waals surface area contributed by atoms with E-state index in [2.05, 4.69) is 10.5 Å². The maximum Gasteiger partial charge on any atom is 0.277 e. The van der Waals surface area contributed by atoms with Gasteiger partial charge in [0.25, 0.3) is 5.91 Å². The van der Waals surface area contributed by atoms with Gasteiger partial charge in [-0.15, -0.1) is 11.3 Å². The van der Waals surface area contributed by atoms with Gasteiger partial charge < -0.3 is 14.2 Å². The average molecular weight is 318 g/mol. The molecule has 114 valence electrons. The highest BCUT2D eigenvalue weighted by atomic mass is 32.1. The molecule has 1 aliphatic heterocycles. The van der Waals surface area contributed by atoms with Crippen molar-refractivity contribution in [1.29, 1.82) is 0 Å². The van der Waals surface area contributed by atoms with E-state index < -0.39 is 0 Å². The van der Waals surface area contributed by atoms with E-state index in [0.717, 1.165) is 10.4 Å². The Labute approximate surface area is 131 Å². The van der Waals surface area contributed by atoms with E-state index in [-0.39, 0.29) is 19.3 Å². The van der Waals surface area contributed by atoms with Crippen LogP contribution >= 0.6 is 11.3 Å². The molecule has 6 nitrogen and oxygen atoms in total. The van der Waals surface area contributed by atoms with E-state index in [1.165, 1.54) is 0 Å². The molecule has 0 unspecified atom stereocenters. The number of nitrogens with zero attached hydrogens (tertiary/aromatic N) is 1. The van der Waals surface area contributed by atoms with Crippen molar-refractivity contribution in [2.45, 2.75) is 6.92 Å². The third-order valence-electron chi connectivity index (χ3n) is 2.99. The first-order valence-electron chi connectivity index (χ1n) is 6.61. The number of aryl methyl sites for hydroxylation is 1. The smallest absolute Gasteiger partial charge is 0.277 e. The predicted octanol–water partition coefficient (Wildman–Crippen LogP) is 2.31. The van der Waals surface area contributed by atoms with E-state index in [0.29, 0.717) is 17.2 Å². The lowest BCUT2D eigenvalue weighted by molar-refractivity contribution is -0.123. The summed E-state index contributed by atoms with van der Waals surface area (Å²) in [6.07, 6.45) is 1.62. The van der Waals surface area contributed by atoms with E-state index in [4.69, 9.17) is 14.2 Å². The fourth-order valence-electron chi connectivity index (χ4n) is 1.83. The molecule has 1 N–H and O–H groups in total. The third-order valence-corrected chi connectivity index (χ3v) is 3.94. The summed E-state index contributed by atoms with van der Waals surface area (Å²) in [5, 5.41) is 5.88. The van der Waals surface area contributed by atoms with Crippen molar-refractivity contribution >= 4 is 23.5 Å². The number of hydrogen-bond acceptors (Lipinski definition) is 6. The molecule has 1 aromatic carbocycles. The molecule has 0 radical (unpaired) electrons. The maximum absolute atomic E-state index is 11.7. The molecular formula is C15H14N2O4S. The molecule has 3 rings (SSSR count). The number of hydrazone groups is 1. The summed E-state index contributed by atoms with van der Waals surface area (Å²) < 4.78 is 15.8. The van der Waals surface area contributed by atoms with Gasteiger partial charge in [-0.05, 0) is 36.1 Å². The van der Waals surface area contributed by atoms with Crippen LogP contribution in [0.25, 0.3) is 0 Å². The van der Waals surface area contributed by atoms with Crippen LogP contribution < -0.4 is 19.6 Å². The summed E-state index contributed by atoms with van der Waals surface area (Å²) in [5.41, 5.74) is 3.55. The van der Waals surface area contributed by atoms with Crippen LogP contribution in [0.15, 0.2) is 34.7 Å². The van der Waals surface area contributed by atoms with Crippen LogP contribution in [-0.4, -0.2) is 25.5 Å². The highest BCUT2D eigenvalue weighted by molar-refractivity contribution is 7.11. The van der Waals surface area contributed by atoms with Crippen molar-refractivity contribution < 1.29 is 19.0 Å². The Bertz CT molecular complexity index is 711. The fraction of sp³-hybridized carbons (Fsp3) is 0.200. The summed E-state index contributed by atoms with van der Waals surface area (Å²) in [4.78, 5) is 12.7. The quantitative estimate of drug-likeness (QED) is 0.678. The van der Waals surface area contributed by atoms with Gasteiger partial charge in [-0.1, -0.05) is 0 Å². The number of carbonyl (C=O) groups is 1. The molecule has 22 heavy (non-hydrogen) atoms. The predicted molar refractivity (Wildman–Crippen MR) is 82.9 cm³/mol. The van der Waals surface area contributed by atoms with Crippen LogP contribution in [0.3, 0.4) is 0 Å². The molecule has 7 heteroatoms. The summed E-state index contributed by atoms with van der Waals surface area (Å²) in [6.45, 7) is 2.07. The zero-order valence-corrected chi connectivity index (χ0v) is 12.7. The number of ether oxygens (including phenoxy) is 3. The Morgan fingerprint density at radius 2 is 2.27 bits per heavy atom. The van der Waals surface area contributed by atoms with Crippen molar-refractivity contribution in [2.24, 2.45) is 5.10 Å². The summed E-state index contributed by atoms with van der Waals surface area (Å²) >= 11 is 1.57. The van der Waals surface area contributed by atoms with Crippen LogP contribution in [0.4, 0.5) is 0 Å². The maximum atomic E-state index is 11.7. The molecule has 0 fully saturated rings. The molecule has 0 spiro atoms. The number of benzene rings is 1. The van der Waals surface area contributed by atoms with Crippen molar-refractivity contribution in [3.8, 4) is 17.2 Å². The zero-order valence-electron chi connectivity index (χ0n) is 11.9. The summed E-state index contributed by atoms with van der Waals surface area (Å²) in [6, 6.07) is 7.15. The van der Waals surface area contributed by atoms with E-state index in [1.54, 1.807) is 35.8 Å². The molecule has 0 atom stereocenters. The lowest BCUT2D eigenvalue weighted by Crippen LogP contribution is -2.24. The second-order valence-corrected chi connectivity index (χ2v) is 5.51. The Morgan fingerprint density at radius 1 is 1.41 bits per heavy atom. The second-order valence-electron chi connectivity index (χ2n) is 4.56. The number of fused-ring (bicyclic) bond motifs is 1. The number of carbonyl (C=O) groups excluding carboxylic acids is 1. The standard InChI is InChI=1S/C15H14N2O4S/c1-10-4-5-22-14(10)7-16-17-15(18)8-19-11-2-3-12-13(6-11)21-9-20-12/h2-7H,8-9H2,1H3,(H,17,18)/b16-7+. The molecule has 1 amide bonds. The highest BCUT2D eigenvalue weighted by Gasteiger charge is 2.14. The van der Waals surface area contributed by atoms with E-state index >= 15 is 0 Å². The molecular weight excluding hydrogens is 304 g/mol. The van der Waals surface area contributed by atoms with Gasteiger partial charge in [0, 0.05) is 10.9 Å². The normalized spacial score (nSPS) is 12.6. The largest absolute Gasteiger partial charge is 0.484 e. The highest BCUT2D eigenvalue weighted by Crippen LogP contribution is 2.34. The van der Waals surface area contributed by atoms with Gasteiger partial charge >= 0.3 is 0 Å². The fourth-order valence-corrected chi connectivity index (χ4v) is 2.61. The van der Waals surface area contributed by atoms with E-state index in [9.17, 15) is 4.79 Å². The Hall–Kier alpha value is -2.54. The van der Waals surface area contributed by atoms with Crippen molar-refractivity contribution in [3.63, 3.8) is 0 Å². The number of nitrogens with one attached hydrogen (secondary N) is 1. The van der Waals surface area contributed by atoms with Gasteiger partial charge in [0.15, 0.2) is 18.1 Å². The molecule has 0 bridgehead atoms. The van der Waals surface area contributed by atoms with Gasteiger partial charge in [0.1, 0.15) is 5.75 Å². The van der Waals surface area contributed by atoms with Crippen LogP contribution in [0.5, 0.6) is 17.2 Å². The van der Waals surface area contributed by atoms with Crippen LogP contribution in [0.2, 0.25) is 0 Å². The van der Waals surface area contributed by atoms with Crippen molar-refractivity contribution in [2.75, 3.05) is 13.4 Å². The molecule has 0 saturated heterocycles. The van der Waals surface area contributed by atoms with Crippen LogP contribution in [0.1, 0.15) is 10.4 Å². The Kier molecular flexibility index (Phi) is 4.24. The lowest BCUT2D eigenvalue weighted by atomic mass is 10.3. The number of rotatable bonds is 5. The van der Waals surface area contributed by atoms with Crippen LogP contribution in [0, 0.1) is 6.92 Å². The van der Waals surface area contributed by atoms with Crippen molar-refractivity contribution in [1.82, 2.24) is 5.43 Å². The SMILES string of the molecule is Cc1ccsc1/C=N/NC(=O)COc1ccc2c(c1)OCO2. The third kappa shape index (κ3) is 3.37. The minimum absolute atomic E-state index is 0.125. The Balaban J connectivity index is 1.48. The summed E-state index contributed by atoms with van der Waals surface area (Å²) in [7, 11) is 0. The summed E-state index contributed by atoms with van der Waals surface area (Å²) in [5.74, 6) is 1.50. The molecule has 1 aromatic heterocycles. The first-order valence-corrected chi connectivity index (χ1v) is 7.49. The molecule has 2 heterocycles. The number of hydrogen-bond donors (Lipinski definition) is 1. The van der Waals surface area contributed by atoms with Crippen LogP contribution in [-0.2, 0) is 4.79 Å². The topological polar surface area (TPSA) is 69.2 Å². The number of amides is 1. The molecule has 0 aliphatic carbocycles. The molecule has 2 aromatic rings. The van der Waals surface area contributed by atoms with Crippen molar-refractivity contribution in [3.05, 3.63) is 40.1 Å². The minimum Gasteiger partial charge on any atom is -0.484 e. The molecule has 0 saturated carbocycles. The first kappa shape index (κ1) is 14.4. The Morgan fingerprint density at radius 3 is 3.09 bits per heavy atom. The first-order chi connectivity index (χ1) is 10.7. The zero-order chi connectivity index (χ0) is 15.4. The van der Waals surface area contributed by atoms with E-state index in [1.807, 2.05) is 18.4 Å². The lowest BCUT2D eigenvalue weighted by Gasteiger charge is -2.05. The second kappa shape index (κ2) is 6.48. The van der Waals surface area contributed by atoms with Gasteiger partial charge in [-0.2, -0.15) is 5.10 Å². The van der Waals surface area contributed by atoms with Gasteiger partial charge in [-0.3, -0.25) is 4.79 Å². The monoisotopic (exact) mass is 318 g/mol. The number of thiophene rings is 1. The molecule has 1 aliphatic rings. The minimum atomic E-state index is -0.330.